The highest BCUT2D eigenvalue weighted by Gasteiger charge is 2.09. The van der Waals surface area contributed by atoms with Gasteiger partial charge in [-0.1, -0.05) is 41.9 Å². The second kappa shape index (κ2) is 8.64. The van der Waals surface area contributed by atoms with E-state index in [1.165, 1.54) is 15.9 Å². The number of aryl methyl sites for hydroxylation is 1. The van der Waals surface area contributed by atoms with Crippen LogP contribution in [0.4, 0.5) is 0 Å². The number of para-hydroxylation sites is 1. The Labute approximate surface area is 179 Å². The first kappa shape index (κ1) is 20.1. The fourth-order valence-corrected chi connectivity index (χ4v) is 4.09. The van der Waals surface area contributed by atoms with E-state index in [0.717, 1.165) is 5.56 Å². The van der Waals surface area contributed by atoms with Gasteiger partial charge in [-0.05, 0) is 23.8 Å². The van der Waals surface area contributed by atoms with Crippen LogP contribution in [0.1, 0.15) is 12.0 Å². The fourth-order valence-electron chi connectivity index (χ4n) is 3.15. The Balaban J connectivity index is 1.56. The van der Waals surface area contributed by atoms with Crippen LogP contribution in [0, 0.1) is 0 Å². The largest absolute Gasteiger partial charge is 0.328 e. The number of rotatable bonds is 5. The smallest absolute Gasteiger partial charge is 0.319 e. The molecular weight excluding hydrogens is 424 g/mol. The fraction of sp³-hybridized carbons (Fsp3) is 0.143. The first-order chi connectivity index (χ1) is 14.5. The van der Waals surface area contributed by atoms with E-state index < -0.39 is 11.2 Å². The van der Waals surface area contributed by atoms with Crippen LogP contribution >= 0.6 is 22.9 Å². The molecular formula is C21H17ClN4O3S. The summed E-state index contributed by atoms with van der Waals surface area (Å²) in [4.78, 5) is 43.7. The molecule has 0 saturated carbocycles. The highest BCUT2D eigenvalue weighted by Crippen LogP contribution is 2.15. The SMILES string of the molecule is O=C(CCn1c(=O)[nH]c(=O)c2ccccc21)N=c1sccn1Cc1ccccc1Cl. The third-order valence-corrected chi connectivity index (χ3v) is 5.80. The third kappa shape index (κ3) is 4.19. The molecule has 0 aliphatic carbocycles. The summed E-state index contributed by atoms with van der Waals surface area (Å²) in [6.45, 7) is 0.619. The summed E-state index contributed by atoms with van der Waals surface area (Å²) in [5.41, 5.74) is 0.431. The number of amides is 1. The maximum absolute atomic E-state index is 12.5. The number of benzene rings is 2. The summed E-state index contributed by atoms with van der Waals surface area (Å²) in [6, 6.07) is 14.3. The predicted octanol–water partition coefficient (Wildman–Crippen LogP) is 2.77. The van der Waals surface area contributed by atoms with Crippen molar-refractivity contribution in [2.75, 3.05) is 0 Å². The van der Waals surface area contributed by atoms with Crippen molar-refractivity contribution in [3.05, 3.63) is 96.3 Å². The normalized spacial score (nSPS) is 11.8. The lowest BCUT2D eigenvalue weighted by Gasteiger charge is -2.08. The highest BCUT2D eigenvalue weighted by atomic mass is 35.5. The van der Waals surface area contributed by atoms with Gasteiger partial charge in [0, 0.05) is 29.6 Å². The van der Waals surface area contributed by atoms with E-state index >= 15 is 0 Å². The molecule has 30 heavy (non-hydrogen) atoms. The van der Waals surface area contributed by atoms with Crippen molar-refractivity contribution in [3.63, 3.8) is 0 Å². The lowest BCUT2D eigenvalue weighted by atomic mass is 10.2. The predicted molar refractivity (Wildman–Crippen MR) is 117 cm³/mol. The number of aromatic amines is 1. The van der Waals surface area contributed by atoms with Gasteiger partial charge in [0.25, 0.3) is 5.56 Å². The number of fused-ring (bicyclic) bond motifs is 1. The van der Waals surface area contributed by atoms with Crippen molar-refractivity contribution in [2.24, 2.45) is 4.99 Å². The van der Waals surface area contributed by atoms with Crippen LogP contribution in [0.15, 0.2) is 74.7 Å². The number of H-pyrrole nitrogens is 1. The molecule has 0 fully saturated rings. The molecule has 0 aliphatic heterocycles. The Hall–Kier alpha value is -3.23. The van der Waals surface area contributed by atoms with Crippen molar-refractivity contribution in [2.45, 2.75) is 19.5 Å². The molecule has 4 aromatic rings. The second-order valence-electron chi connectivity index (χ2n) is 6.59. The van der Waals surface area contributed by atoms with Gasteiger partial charge in [-0.15, -0.1) is 11.3 Å². The number of halogens is 1. The summed E-state index contributed by atoms with van der Waals surface area (Å²) in [5.74, 6) is -0.354. The van der Waals surface area contributed by atoms with E-state index in [9.17, 15) is 14.4 Å². The maximum Gasteiger partial charge on any atom is 0.328 e. The van der Waals surface area contributed by atoms with Crippen molar-refractivity contribution < 1.29 is 4.79 Å². The molecule has 0 saturated heterocycles. The number of hydrogen-bond acceptors (Lipinski definition) is 4. The van der Waals surface area contributed by atoms with Gasteiger partial charge >= 0.3 is 5.69 Å². The van der Waals surface area contributed by atoms with E-state index in [-0.39, 0.29) is 18.9 Å². The maximum atomic E-state index is 12.5. The Morgan fingerprint density at radius 1 is 1.10 bits per heavy atom. The Morgan fingerprint density at radius 2 is 1.87 bits per heavy atom. The molecule has 2 heterocycles. The molecule has 2 aromatic heterocycles. The van der Waals surface area contributed by atoms with Gasteiger partial charge in [-0.3, -0.25) is 19.1 Å². The molecule has 1 N–H and O–H groups in total. The second-order valence-corrected chi connectivity index (χ2v) is 7.87. The minimum absolute atomic E-state index is 0.0277. The van der Waals surface area contributed by atoms with Crippen molar-refractivity contribution >= 4 is 39.7 Å². The monoisotopic (exact) mass is 440 g/mol. The molecule has 1 amide bonds. The van der Waals surface area contributed by atoms with Crippen LogP contribution in [0.3, 0.4) is 0 Å². The number of hydrogen-bond donors (Lipinski definition) is 1. The van der Waals surface area contributed by atoms with E-state index in [0.29, 0.717) is 27.3 Å². The number of thiazole rings is 1. The van der Waals surface area contributed by atoms with Crippen LogP contribution < -0.4 is 16.1 Å². The van der Waals surface area contributed by atoms with Gasteiger partial charge in [-0.2, -0.15) is 4.99 Å². The molecule has 0 spiro atoms. The summed E-state index contributed by atoms with van der Waals surface area (Å²) in [5, 5.41) is 2.90. The number of aromatic nitrogens is 3. The third-order valence-electron chi connectivity index (χ3n) is 4.63. The molecule has 0 bridgehead atoms. The number of nitrogens with one attached hydrogen (secondary N) is 1. The first-order valence-electron chi connectivity index (χ1n) is 9.20. The standard InChI is InChI=1S/C21H17ClN4O3S/c22-16-7-3-1-5-14(16)13-25-11-12-30-21(25)23-18(27)9-10-26-17-8-4-2-6-15(17)19(28)24-20(26)29/h1-8,11-12H,9-10,13H2,(H,24,28,29). The summed E-state index contributed by atoms with van der Waals surface area (Å²) in [7, 11) is 0. The van der Waals surface area contributed by atoms with Crippen LogP contribution in [0.2, 0.25) is 5.02 Å². The average molecular weight is 441 g/mol. The van der Waals surface area contributed by atoms with Gasteiger partial charge in [0.2, 0.25) is 5.91 Å². The minimum atomic E-state index is -0.545. The Bertz CT molecular complexity index is 1410. The molecule has 9 heteroatoms. The zero-order valence-electron chi connectivity index (χ0n) is 15.7. The van der Waals surface area contributed by atoms with E-state index in [1.54, 1.807) is 24.3 Å². The van der Waals surface area contributed by atoms with Crippen LogP contribution in [0.5, 0.6) is 0 Å². The quantitative estimate of drug-likeness (QED) is 0.517. The highest BCUT2D eigenvalue weighted by molar-refractivity contribution is 7.07. The lowest BCUT2D eigenvalue weighted by Crippen LogP contribution is -2.31. The Morgan fingerprint density at radius 3 is 2.70 bits per heavy atom. The van der Waals surface area contributed by atoms with Crippen LogP contribution in [0.25, 0.3) is 10.9 Å². The molecule has 0 atom stereocenters. The van der Waals surface area contributed by atoms with Crippen molar-refractivity contribution in [3.8, 4) is 0 Å². The van der Waals surface area contributed by atoms with Crippen LogP contribution in [-0.4, -0.2) is 20.0 Å². The van der Waals surface area contributed by atoms with Gasteiger partial charge in [0.1, 0.15) is 0 Å². The molecule has 152 valence electrons. The molecule has 4 rings (SSSR count). The Kier molecular flexibility index (Phi) is 5.78. The van der Waals surface area contributed by atoms with Crippen molar-refractivity contribution in [1.29, 1.82) is 0 Å². The van der Waals surface area contributed by atoms with E-state index in [4.69, 9.17) is 11.6 Å². The zero-order valence-corrected chi connectivity index (χ0v) is 17.3. The molecule has 0 unspecified atom stereocenters. The average Bonchev–Trinajstić information content (AvgIpc) is 3.16. The number of carbonyl (C=O) groups is 1. The topological polar surface area (TPSA) is 89.2 Å². The molecule has 2 aromatic carbocycles. The zero-order chi connectivity index (χ0) is 21.1. The van der Waals surface area contributed by atoms with Gasteiger partial charge in [-0.25, -0.2) is 4.79 Å². The van der Waals surface area contributed by atoms with Crippen molar-refractivity contribution in [1.82, 2.24) is 14.1 Å². The van der Waals surface area contributed by atoms with Crippen LogP contribution in [-0.2, 0) is 17.9 Å². The summed E-state index contributed by atoms with van der Waals surface area (Å²) < 4.78 is 3.24. The number of carbonyl (C=O) groups excluding carboxylic acids is 1. The van der Waals surface area contributed by atoms with Gasteiger partial charge in [0.05, 0.1) is 17.4 Å². The molecule has 0 aliphatic rings. The summed E-state index contributed by atoms with van der Waals surface area (Å²) in [6.07, 6.45) is 1.87. The van der Waals surface area contributed by atoms with E-state index in [1.807, 2.05) is 40.4 Å². The summed E-state index contributed by atoms with van der Waals surface area (Å²) >= 11 is 7.57. The number of nitrogens with zero attached hydrogens (tertiary/aromatic N) is 3. The first-order valence-corrected chi connectivity index (χ1v) is 10.5. The minimum Gasteiger partial charge on any atom is -0.319 e. The molecule has 0 radical (unpaired) electrons. The van der Waals surface area contributed by atoms with Gasteiger partial charge < -0.3 is 4.57 Å². The molecule has 7 nitrogen and oxygen atoms in total. The lowest BCUT2D eigenvalue weighted by molar-refractivity contribution is -0.118. The van der Waals surface area contributed by atoms with E-state index in [2.05, 4.69) is 9.98 Å². The van der Waals surface area contributed by atoms with Gasteiger partial charge in [0.15, 0.2) is 4.80 Å².